The first kappa shape index (κ1) is 14.7. The van der Waals surface area contributed by atoms with Crippen LogP contribution in [0.1, 0.15) is 6.92 Å². The molecule has 3 aromatic rings. The van der Waals surface area contributed by atoms with Crippen LogP contribution in [0.15, 0.2) is 34.9 Å². The minimum absolute atomic E-state index is 0.111. The van der Waals surface area contributed by atoms with E-state index in [1.165, 1.54) is 24.6 Å². The Morgan fingerprint density at radius 3 is 2.73 bits per heavy atom. The molecule has 0 spiro atoms. The zero-order chi connectivity index (χ0) is 15.5. The molecule has 0 fully saturated rings. The third-order valence-electron chi connectivity index (χ3n) is 2.70. The van der Waals surface area contributed by atoms with Gasteiger partial charge in [0.15, 0.2) is 9.99 Å². The van der Waals surface area contributed by atoms with Gasteiger partial charge in [-0.2, -0.15) is 0 Å². The van der Waals surface area contributed by atoms with Gasteiger partial charge in [-0.25, -0.2) is 15.0 Å². The monoisotopic (exact) mass is 332 g/mol. The number of carbonyl (C=O) groups is 1. The second kappa shape index (κ2) is 6.29. The molecule has 1 aromatic carbocycles. The lowest BCUT2D eigenvalue weighted by Gasteiger charge is -2.06. The summed E-state index contributed by atoms with van der Waals surface area (Å²) in [5.74, 6) is 1.00. The van der Waals surface area contributed by atoms with Crippen LogP contribution < -0.4 is 10.1 Å². The molecule has 0 atom stereocenters. The summed E-state index contributed by atoms with van der Waals surface area (Å²) in [6, 6.07) is 7.09. The molecular formula is C14H12N4O2S2. The number of benzene rings is 1. The number of carbonyl (C=O) groups excluding carboxylic acids is 1. The molecule has 1 amide bonds. The topological polar surface area (TPSA) is 77.0 Å². The van der Waals surface area contributed by atoms with Crippen molar-refractivity contribution in [2.75, 3.05) is 11.6 Å². The summed E-state index contributed by atoms with van der Waals surface area (Å²) in [6.07, 6.45) is 3.40. The third kappa shape index (κ3) is 3.18. The van der Waals surface area contributed by atoms with Crippen molar-refractivity contribution in [1.82, 2.24) is 15.0 Å². The van der Waals surface area contributed by atoms with Gasteiger partial charge in [-0.1, -0.05) is 11.8 Å². The van der Waals surface area contributed by atoms with E-state index in [2.05, 4.69) is 20.3 Å². The summed E-state index contributed by atoms with van der Waals surface area (Å²) in [7, 11) is 0. The number of nitrogens with zero attached hydrogens (tertiary/aromatic N) is 3. The number of thioether (sulfide) groups is 1. The number of ether oxygens (including phenoxy) is 1. The number of hydrogen-bond acceptors (Lipinski definition) is 7. The molecule has 0 bridgehead atoms. The number of anilines is 1. The number of rotatable bonds is 4. The molecule has 0 aliphatic heterocycles. The number of nitrogens with one attached hydrogen (secondary N) is 1. The second-order valence-electron chi connectivity index (χ2n) is 4.32. The Balaban J connectivity index is 1.86. The van der Waals surface area contributed by atoms with E-state index in [1.54, 1.807) is 36.0 Å². The van der Waals surface area contributed by atoms with Crippen LogP contribution in [0.4, 0.5) is 5.69 Å². The predicted molar refractivity (Wildman–Crippen MR) is 87.8 cm³/mol. The van der Waals surface area contributed by atoms with Crippen molar-refractivity contribution in [2.24, 2.45) is 0 Å². The fourth-order valence-corrected chi connectivity index (χ4v) is 3.23. The van der Waals surface area contributed by atoms with Gasteiger partial charge in [0.2, 0.25) is 11.8 Å². The van der Waals surface area contributed by atoms with Crippen molar-refractivity contribution < 1.29 is 9.53 Å². The van der Waals surface area contributed by atoms with Gasteiger partial charge in [-0.05, 0) is 30.5 Å². The Morgan fingerprint density at radius 1 is 1.27 bits per heavy atom. The van der Waals surface area contributed by atoms with Gasteiger partial charge in [-0.3, -0.25) is 4.79 Å². The average molecular weight is 332 g/mol. The number of amides is 1. The lowest BCUT2D eigenvalue weighted by atomic mass is 10.3. The fourth-order valence-electron chi connectivity index (χ4n) is 1.80. The first-order chi connectivity index (χ1) is 10.7. The van der Waals surface area contributed by atoms with Crippen LogP contribution >= 0.6 is 23.1 Å². The molecular weight excluding hydrogens is 320 g/mol. The number of fused-ring (bicyclic) bond motifs is 1. The van der Waals surface area contributed by atoms with E-state index in [-0.39, 0.29) is 5.91 Å². The zero-order valence-corrected chi connectivity index (χ0v) is 13.5. The first-order valence-electron chi connectivity index (χ1n) is 6.37. The summed E-state index contributed by atoms with van der Waals surface area (Å²) in [4.78, 5) is 23.7. The Kier molecular flexibility index (Phi) is 4.21. The van der Waals surface area contributed by atoms with Crippen molar-refractivity contribution in [3.05, 3.63) is 30.6 Å². The molecule has 8 heteroatoms. The molecule has 22 heavy (non-hydrogen) atoms. The minimum Gasteiger partial charge on any atom is -0.437 e. The van der Waals surface area contributed by atoms with E-state index in [4.69, 9.17) is 4.74 Å². The maximum atomic E-state index is 11.0. The Labute approximate surface area is 135 Å². The van der Waals surface area contributed by atoms with Crippen LogP contribution in [-0.4, -0.2) is 27.1 Å². The SMILES string of the molecule is CSc1nc2ncnc(Oc3ccc(NC(C)=O)cc3)c2s1. The number of thiazole rings is 1. The summed E-state index contributed by atoms with van der Waals surface area (Å²) in [5.41, 5.74) is 1.35. The van der Waals surface area contributed by atoms with E-state index in [0.717, 1.165) is 14.7 Å². The Morgan fingerprint density at radius 2 is 2.05 bits per heavy atom. The van der Waals surface area contributed by atoms with E-state index in [1.807, 2.05) is 6.26 Å². The van der Waals surface area contributed by atoms with Crippen LogP contribution in [0.5, 0.6) is 11.6 Å². The maximum absolute atomic E-state index is 11.0. The highest BCUT2D eigenvalue weighted by Crippen LogP contribution is 2.34. The second-order valence-corrected chi connectivity index (χ2v) is 6.38. The Hall–Kier alpha value is -2.19. The standard InChI is InChI=1S/C14H12N4O2S2/c1-8(19)17-9-3-5-10(6-4-9)20-13-11-12(15-7-16-13)18-14(21-2)22-11/h3-7H,1-2H3,(H,17,19). The predicted octanol–water partition coefficient (Wildman–Crippen LogP) is 3.56. The summed E-state index contributed by atoms with van der Waals surface area (Å²) < 4.78 is 7.54. The molecule has 2 heterocycles. The highest BCUT2D eigenvalue weighted by Gasteiger charge is 2.12. The van der Waals surface area contributed by atoms with Gasteiger partial charge in [0, 0.05) is 12.6 Å². The van der Waals surface area contributed by atoms with Crippen molar-refractivity contribution in [3.8, 4) is 11.6 Å². The molecule has 0 saturated heterocycles. The highest BCUT2D eigenvalue weighted by atomic mass is 32.2. The van der Waals surface area contributed by atoms with E-state index >= 15 is 0 Å². The summed E-state index contributed by atoms with van der Waals surface area (Å²) in [6.45, 7) is 1.47. The molecule has 0 unspecified atom stereocenters. The Bertz CT molecular complexity index is 817. The van der Waals surface area contributed by atoms with E-state index in [9.17, 15) is 4.79 Å². The molecule has 3 rings (SSSR count). The number of aromatic nitrogens is 3. The molecule has 0 saturated carbocycles. The molecule has 2 aromatic heterocycles. The quantitative estimate of drug-likeness (QED) is 0.736. The fraction of sp³-hybridized carbons (Fsp3) is 0.143. The van der Waals surface area contributed by atoms with E-state index < -0.39 is 0 Å². The molecule has 1 N–H and O–H groups in total. The lowest BCUT2D eigenvalue weighted by molar-refractivity contribution is -0.114. The smallest absolute Gasteiger partial charge is 0.242 e. The van der Waals surface area contributed by atoms with Crippen LogP contribution in [0, 0.1) is 0 Å². The lowest BCUT2D eigenvalue weighted by Crippen LogP contribution is -2.05. The number of hydrogen-bond donors (Lipinski definition) is 1. The van der Waals surface area contributed by atoms with Crippen molar-refractivity contribution in [3.63, 3.8) is 0 Å². The van der Waals surface area contributed by atoms with Crippen LogP contribution in [0.2, 0.25) is 0 Å². The first-order valence-corrected chi connectivity index (χ1v) is 8.41. The van der Waals surface area contributed by atoms with Crippen molar-refractivity contribution >= 4 is 45.0 Å². The van der Waals surface area contributed by atoms with Gasteiger partial charge in [-0.15, -0.1) is 11.3 Å². The van der Waals surface area contributed by atoms with Gasteiger partial charge in [0.05, 0.1) is 0 Å². The van der Waals surface area contributed by atoms with Gasteiger partial charge < -0.3 is 10.1 Å². The maximum Gasteiger partial charge on any atom is 0.242 e. The normalized spacial score (nSPS) is 10.6. The largest absolute Gasteiger partial charge is 0.437 e. The van der Waals surface area contributed by atoms with Crippen molar-refractivity contribution in [2.45, 2.75) is 11.3 Å². The van der Waals surface area contributed by atoms with Gasteiger partial charge in [0.25, 0.3) is 0 Å². The summed E-state index contributed by atoms with van der Waals surface area (Å²) >= 11 is 3.06. The molecule has 0 aliphatic rings. The molecule has 6 nitrogen and oxygen atoms in total. The molecule has 0 radical (unpaired) electrons. The average Bonchev–Trinajstić information content (AvgIpc) is 2.93. The highest BCUT2D eigenvalue weighted by molar-refractivity contribution is 8.00. The van der Waals surface area contributed by atoms with Crippen LogP contribution in [0.3, 0.4) is 0 Å². The van der Waals surface area contributed by atoms with Crippen molar-refractivity contribution in [1.29, 1.82) is 0 Å². The van der Waals surface area contributed by atoms with E-state index in [0.29, 0.717) is 17.3 Å². The summed E-state index contributed by atoms with van der Waals surface area (Å²) in [5, 5.41) is 2.71. The minimum atomic E-state index is -0.111. The molecule has 0 aliphatic carbocycles. The molecule has 112 valence electrons. The third-order valence-corrected chi connectivity index (χ3v) is 4.72. The zero-order valence-electron chi connectivity index (χ0n) is 11.9. The van der Waals surface area contributed by atoms with Gasteiger partial charge >= 0.3 is 0 Å². The van der Waals surface area contributed by atoms with Crippen LogP contribution in [-0.2, 0) is 4.79 Å². The van der Waals surface area contributed by atoms with Gasteiger partial charge in [0.1, 0.15) is 16.8 Å². The van der Waals surface area contributed by atoms with Crippen LogP contribution in [0.25, 0.3) is 10.3 Å².